The van der Waals surface area contributed by atoms with Gasteiger partial charge in [-0.1, -0.05) is 32.3 Å². The molecule has 1 fully saturated rings. The van der Waals surface area contributed by atoms with Gasteiger partial charge in [-0.2, -0.15) is 0 Å². The lowest BCUT2D eigenvalue weighted by Crippen LogP contribution is -2.21. The third-order valence-corrected chi connectivity index (χ3v) is 4.15. The summed E-state index contributed by atoms with van der Waals surface area (Å²) in [5.41, 5.74) is 1.18. The molecule has 0 spiro atoms. The summed E-state index contributed by atoms with van der Waals surface area (Å²) in [5.74, 6) is 1.53. The molecule has 112 valence electrons. The number of nitrogens with zero attached hydrogens (tertiary/aromatic N) is 1. The highest BCUT2D eigenvalue weighted by molar-refractivity contribution is 5.28. The van der Waals surface area contributed by atoms with Gasteiger partial charge in [0, 0.05) is 17.8 Å². The Hall–Kier alpha value is -1.09. The van der Waals surface area contributed by atoms with Crippen molar-refractivity contribution in [2.45, 2.75) is 58.4 Å². The van der Waals surface area contributed by atoms with E-state index in [1.54, 1.807) is 0 Å². The van der Waals surface area contributed by atoms with Crippen LogP contribution in [0.3, 0.4) is 0 Å². The lowest BCUT2D eigenvalue weighted by atomic mass is 9.90. The predicted molar refractivity (Wildman–Crippen MR) is 83.0 cm³/mol. The van der Waals surface area contributed by atoms with Gasteiger partial charge >= 0.3 is 0 Å². The fourth-order valence-electron chi connectivity index (χ4n) is 2.87. The summed E-state index contributed by atoms with van der Waals surface area (Å²) in [6, 6.07) is 4.41. The SMILES string of the molecule is CCCNC(C)c1cccnc1OCC1CCCCC1. The van der Waals surface area contributed by atoms with Gasteiger partial charge in [-0.15, -0.1) is 0 Å². The minimum atomic E-state index is 0.296. The van der Waals surface area contributed by atoms with E-state index in [2.05, 4.69) is 30.2 Å². The van der Waals surface area contributed by atoms with E-state index in [1.165, 1.54) is 37.7 Å². The molecule has 1 aliphatic carbocycles. The molecular weight excluding hydrogens is 248 g/mol. The molecule has 2 rings (SSSR count). The molecule has 1 aromatic heterocycles. The quantitative estimate of drug-likeness (QED) is 0.814. The molecule has 0 radical (unpaired) electrons. The Morgan fingerprint density at radius 1 is 1.35 bits per heavy atom. The molecule has 1 aliphatic rings. The molecule has 1 aromatic rings. The molecule has 3 heteroatoms. The van der Waals surface area contributed by atoms with Gasteiger partial charge in [-0.3, -0.25) is 0 Å². The highest BCUT2D eigenvalue weighted by Crippen LogP contribution is 2.26. The fourth-order valence-corrected chi connectivity index (χ4v) is 2.87. The maximum Gasteiger partial charge on any atom is 0.218 e. The Kier molecular flexibility index (Phi) is 6.31. The third-order valence-electron chi connectivity index (χ3n) is 4.15. The lowest BCUT2D eigenvalue weighted by Gasteiger charge is -2.23. The number of nitrogens with one attached hydrogen (secondary N) is 1. The first-order valence-electron chi connectivity index (χ1n) is 8.12. The maximum absolute atomic E-state index is 6.03. The Labute approximate surface area is 123 Å². The largest absolute Gasteiger partial charge is 0.477 e. The highest BCUT2D eigenvalue weighted by Gasteiger charge is 2.16. The summed E-state index contributed by atoms with van der Waals surface area (Å²) in [6.07, 6.45) is 9.70. The number of aromatic nitrogens is 1. The zero-order chi connectivity index (χ0) is 14.2. The van der Waals surface area contributed by atoms with Crippen molar-refractivity contribution in [3.8, 4) is 5.88 Å². The number of ether oxygens (including phenoxy) is 1. The van der Waals surface area contributed by atoms with E-state index >= 15 is 0 Å². The Morgan fingerprint density at radius 3 is 2.90 bits per heavy atom. The fraction of sp³-hybridized carbons (Fsp3) is 0.706. The van der Waals surface area contributed by atoms with Crippen LogP contribution < -0.4 is 10.1 Å². The van der Waals surface area contributed by atoms with Gasteiger partial charge in [-0.05, 0) is 44.7 Å². The molecule has 0 amide bonds. The van der Waals surface area contributed by atoms with Crippen LogP contribution >= 0.6 is 0 Å². The summed E-state index contributed by atoms with van der Waals surface area (Å²) in [4.78, 5) is 4.43. The molecule has 1 atom stereocenters. The number of rotatable bonds is 7. The van der Waals surface area contributed by atoms with E-state index < -0.39 is 0 Å². The van der Waals surface area contributed by atoms with E-state index in [-0.39, 0.29) is 0 Å². The summed E-state index contributed by atoms with van der Waals surface area (Å²) in [7, 11) is 0. The topological polar surface area (TPSA) is 34.2 Å². The molecule has 3 nitrogen and oxygen atoms in total. The van der Waals surface area contributed by atoms with Crippen LogP contribution in [0.4, 0.5) is 0 Å². The van der Waals surface area contributed by atoms with Crippen LogP contribution in [-0.2, 0) is 0 Å². The molecule has 1 unspecified atom stereocenters. The Balaban J connectivity index is 1.92. The van der Waals surface area contributed by atoms with Crippen molar-refractivity contribution in [2.24, 2.45) is 5.92 Å². The molecule has 1 heterocycles. The van der Waals surface area contributed by atoms with Crippen LogP contribution in [0.2, 0.25) is 0 Å². The Morgan fingerprint density at radius 2 is 2.15 bits per heavy atom. The summed E-state index contributed by atoms with van der Waals surface area (Å²) in [6.45, 7) is 6.21. The van der Waals surface area contributed by atoms with Gasteiger partial charge in [0.15, 0.2) is 0 Å². The molecular formula is C17H28N2O. The normalized spacial score (nSPS) is 17.9. The average Bonchev–Trinajstić information content (AvgIpc) is 2.52. The van der Waals surface area contributed by atoms with Crippen LogP contribution in [0.15, 0.2) is 18.3 Å². The van der Waals surface area contributed by atoms with Crippen LogP contribution in [0.25, 0.3) is 0 Å². The third kappa shape index (κ3) is 4.48. The van der Waals surface area contributed by atoms with E-state index in [1.807, 2.05) is 12.3 Å². The van der Waals surface area contributed by atoms with Crippen LogP contribution in [-0.4, -0.2) is 18.1 Å². The van der Waals surface area contributed by atoms with Crippen molar-refractivity contribution in [3.63, 3.8) is 0 Å². The van der Waals surface area contributed by atoms with Gasteiger partial charge in [-0.25, -0.2) is 4.98 Å². The second-order valence-electron chi connectivity index (χ2n) is 5.89. The van der Waals surface area contributed by atoms with E-state index in [9.17, 15) is 0 Å². The predicted octanol–water partition coefficient (Wildman–Crippen LogP) is 4.10. The van der Waals surface area contributed by atoms with Crippen LogP contribution in [0, 0.1) is 5.92 Å². The number of hydrogen-bond acceptors (Lipinski definition) is 3. The second-order valence-corrected chi connectivity index (χ2v) is 5.89. The van der Waals surface area contributed by atoms with Crippen LogP contribution in [0.1, 0.15) is 64.0 Å². The standard InChI is InChI=1S/C17H28N2O/c1-3-11-18-14(2)16-10-7-12-19-17(16)20-13-15-8-5-4-6-9-15/h7,10,12,14-15,18H,3-6,8-9,11,13H2,1-2H3. The summed E-state index contributed by atoms with van der Waals surface area (Å²) < 4.78 is 6.03. The van der Waals surface area contributed by atoms with Crippen molar-refractivity contribution in [1.82, 2.24) is 10.3 Å². The molecule has 20 heavy (non-hydrogen) atoms. The molecule has 1 saturated carbocycles. The van der Waals surface area contributed by atoms with Crippen molar-refractivity contribution >= 4 is 0 Å². The van der Waals surface area contributed by atoms with Gasteiger partial charge in [0.25, 0.3) is 0 Å². The highest BCUT2D eigenvalue weighted by atomic mass is 16.5. The van der Waals surface area contributed by atoms with Crippen molar-refractivity contribution in [1.29, 1.82) is 0 Å². The van der Waals surface area contributed by atoms with Crippen molar-refractivity contribution < 1.29 is 4.74 Å². The zero-order valence-corrected chi connectivity index (χ0v) is 12.9. The first-order valence-corrected chi connectivity index (χ1v) is 8.12. The number of hydrogen-bond donors (Lipinski definition) is 1. The van der Waals surface area contributed by atoms with Gasteiger partial charge in [0.2, 0.25) is 5.88 Å². The van der Waals surface area contributed by atoms with Gasteiger partial charge in [0.1, 0.15) is 0 Å². The zero-order valence-electron chi connectivity index (χ0n) is 12.9. The maximum atomic E-state index is 6.03. The molecule has 0 aliphatic heterocycles. The van der Waals surface area contributed by atoms with E-state index in [0.717, 1.165) is 31.4 Å². The first kappa shape index (κ1) is 15.3. The second kappa shape index (κ2) is 8.25. The molecule has 1 N–H and O–H groups in total. The van der Waals surface area contributed by atoms with E-state index in [4.69, 9.17) is 4.74 Å². The minimum Gasteiger partial charge on any atom is -0.477 e. The summed E-state index contributed by atoms with van der Waals surface area (Å²) in [5, 5.41) is 3.51. The van der Waals surface area contributed by atoms with Crippen molar-refractivity contribution in [3.05, 3.63) is 23.9 Å². The Bertz CT molecular complexity index is 388. The summed E-state index contributed by atoms with van der Waals surface area (Å²) >= 11 is 0. The van der Waals surface area contributed by atoms with E-state index in [0.29, 0.717) is 6.04 Å². The smallest absolute Gasteiger partial charge is 0.218 e. The lowest BCUT2D eigenvalue weighted by molar-refractivity contribution is 0.200. The molecule has 0 bridgehead atoms. The average molecular weight is 276 g/mol. The molecule has 0 aromatic carbocycles. The van der Waals surface area contributed by atoms with Crippen molar-refractivity contribution in [2.75, 3.05) is 13.2 Å². The first-order chi connectivity index (χ1) is 9.81. The number of pyridine rings is 1. The monoisotopic (exact) mass is 276 g/mol. The minimum absolute atomic E-state index is 0.296. The van der Waals surface area contributed by atoms with Gasteiger partial charge < -0.3 is 10.1 Å². The molecule has 0 saturated heterocycles. The van der Waals surface area contributed by atoms with Gasteiger partial charge in [0.05, 0.1) is 6.61 Å². The van der Waals surface area contributed by atoms with Crippen LogP contribution in [0.5, 0.6) is 5.88 Å².